The highest BCUT2D eigenvalue weighted by Crippen LogP contribution is 2.26. The summed E-state index contributed by atoms with van der Waals surface area (Å²) < 4.78 is 0. The number of nitro benzene ring substituents is 1. The van der Waals surface area contributed by atoms with E-state index in [1.165, 1.54) is 18.6 Å². The number of hydrogen-bond donors (Lipinski definition) is 1. The van der Waals surface area contributed by atoms with Crippen LogP contribution in [0.3, 0.4) is 0 Å². The van der Waals surface area contributed by atoms with Crippen molar-refractivity contribution < 1.29 is 9.72 Å². The minimum atomic E-state index is -0.462. The first-order valence-electron chi connectivity index (χ1n) is 8.12. The average Bonchev–Trinajstić information content (AvgIpc) is 2.58. The molecule has 0 aliphatic carbocycles. The molecular weight excluding hydrogens is 318 g/mol. The maximum Gasteiger partial charge on any atom is 0.293 e. The largest absolute Gasteiger partial charge is 0.378 e. The van der Waals surface area contributed by atoms with E-state index in [-0.39, 0.29) is 17.5 Å². The molecule has 0 bridgehead atoms. The molecule has 0 aromatic heterocycles. The van der Waals surface area contributed by atoms with Crippen LogP contribution in [-0.4, -0.2) is 42.3 Å². The molecule has 132 valence electrons. The predicted octanol–water partition coefficient (Wildman–Crippen LogP) is 3.38. The second kappa shape index (κ2) is 8.39. The Hall–Kier alpha value is -2.73. The van der Waals surface area contributed by atoms with E-state index in [9.17, 15) is 14.9 Å². The molecule has 0 fully saturated rings. The van der Waals surface area contributed by atoms with Gasteiger partial charge in [-0.15, -0.1) is 0 Å². The highest BCUT2D eigenvalue weighted by molar-refractivity contribution is 5.95. The Morgan fingerprint density at radius 3 is 2.44 bits per heavy atom. The zero-order chi connectivity index (χ0) is 18.4. The molecule has 0 heterocycles. The molecule has 1 N–H and O–H groups in total. The van der Waals surface area contributed by atoms with Crippen molar-refractivity contribution in [3.8, 4) is 0 Å². The Morgan fingerprint density at radius 2 is 1.88 bits per heavy atom. The predicted molar refractivity (Wildman–Crippen MR) is 99.2 cm³/mol. The Labute approximate surface area is 147 Å². The van der Waals surface area contributed by atoms with Gasteiger partial charge in [0.1, 0.15) is 5.69 Å². The number of carbonyl (C=O) groups is 1. The molecular formula is C19H23N3O3. The van der Waals surface area contributed by atoms with Crippen LogP contribution in [0.25, 0.3) is 0 Å². The van der Waals surface area contributed by atoms with Crippen LogP contribution in [0.1, 0.15) is 22.8 Å². The van der Waals surface area contributed by atoms with Gasteiger partial charge in [0, 0.05) is 24.2 Å². The fourth-order valence-electron chi connectivity index (χ4n) is 2.60. The number of benzene rings is 2. The lowest BCUT2D eigenvalue weighted by atomic mass is 10.0. The molecule has 2 rings (SSSR count). The first-order chi connectivity index (χ1) is 11.9. The van der Waals surface area contributed by atoms with Gasteiger partial charge in [0.05, 0.1) is 4.92 Å². The molecule has 0 saturated heterocycles. The molecule has 1 unspecified atom stereocenters. The summed E-state index contributed by atoms with van der Waals surface area (Å²) in [5.74, 6) is -0.190. The smallest absolute Gasteiger partial charge is 0.293 e. The summed E-state index contributed by atoms with van der Waals surface area (Å²) in [6.45, 7) is 1.95. The van der Waals surface area contributed by atoms with Crippen molar-refractivity contribution >= 4 is 17.2 Å². The van der Waals surface area contributed by atoms with Gasteiger partial charge in [0.15, 0.2) is 5.78 Å². The van der Waals surface area contributed by atoms with Crippen molar-refractivity contribution in [1.82, 2.24) is 4.90 Å². The summed E-state index contributed by atoms with van der Waals surface area (Å²) in [6.07, 6.45) is 0.833. The minimum absolute atomic E-state index is 0.0788. The van der Waals surface area contributed by atoms with Gasteiger partial charge in [-0.3, -0.25) is 14.9 Å². The number of nitrogens with one attached hydrogen (secondary N) is 1. The Balaban J connectivity index is 2.14. The highest BCUT2D eigenvalue weighted by atomic mass is 16.6. The van der Waals surface area contributed by atoms with E-state index in [4.69, 9.17) is 0 Å². The zero-order valence-electron chi connectivity index (χ0n) is 14.7. The summed E-state index contributed by atoms with van der Waals surface area (Å²) in [7, 11) is 3.98. The van der Waals surface area contributed by atoms with Crippen molar-refractivity contribution in [3.05, 3.63) is 69.8 Å². The van der Waals surface area contributed by atoms with Gasteiger partial charge in [-0.05, 0) is 45.1 Å². The Bertz CT molecular complexity index is 745. The van der Waals surface area contributed by atoms with Crippen molar-refractivity contribution in [2.45, 2.75) is 19.4 Å². The molecule has 6 nitrogen and oxygen atoms in total. The van der Waals surface area contributed by atoms with Crippen LogP contribution in [-0.2, 0) is 6.42 Å². The fraction of sp³-hybridized carbons (Fsp3) is 0.316. The molecule has 25 heavy (non-hydrogen) atoms. The van der Waals surface area contributed by atoms with Crippen LogP contribution in [0, 0.1) is 10.1 Å². The monoisotopic (exact) mass is 341 g/mol. The van der Waals surface area contributed by atoms with Crippen molar-refractivity contribution in [2.75, 3.05) is 26.0 Å². The molecule has 2 aromatic carbocycles. The minimum Gasteiger partial charge on any atom is -0.378 e. The van der Waals surface area contributed by atoms with Gasteiger partial charge in [0.2, 0.25) is 0 Å². The van der Waals surface area contributed by atoms with Crippen LogP contribution < -0.4 is 5.32 Å². The second-order valence-electron chi connectivity index (χ2n) is 6.23. The fourth-order valence-corrected chi connectivity index (χ4v) is 2.60. The topological polar surface area (TPSA) is 75.5 Å². The van der Waals surface area contributed by atoms with Crippen LogP contribution >= 0.6 is 0 Å². The number of nitro groups is 1. The zero-order valence-corrected chi connectivity index (χ0v) is 14.7. The van der Waals surface area contributed by atoms with Crippen molar-refractivity contribution in [1.29, 1.82) is 0 Å². The van der Waals surface area contributed by atoms with Crippen LogP contribution in [0.5, 0.6) is 0 Å². The lowest BCUT2D eigenvalue weighted by Gasteiger charge is -2.25. The third-order valence-corrected chi connectivity index (χ3v) is 4.17. The molecule has 0 saturated carbocycles. The SMILES string of the molecule is CC(=O)c1ccc(NCC(Cc2ccccc2)N(C)C)c([N+](=O)[O-])c1. The van der Waals surface area contributed by atoms with Gasteiger partial charge in [-0.25, -0.2) is 0 Å². The van der Waals surface area contributed by atoms with E-state index in [0.29, 0.717) is 17.8 Å². The lowest BCUT2D eigenvalue weighted by Crippen LogP contribution is -2.36. The molecule has 1 atom stereocenters. The Morgan fingerprint density at radius 1 is 1.20 bits per heavy atom. The summed E-state index contributed by atoms with van der Waals surface area (Å²) in [4.78, 5) is 24.4. The molecule has 0 aliphatic heterocycles. The highest BCUT2D eigenvalue weighted by Gasteiger charge is 2.18. The number of rotatable bonds is 8. The molecule has 2 aromatic rings. The maximum absolute atomic E-state index is 11.4. The van der Waals surface area contributed by atoms with Crippen LogP contribution in [0.4, 0.5) is 11.4 Å². The van der Waals surface area contributed by atoms with Gasteiger partial charge >= 0.3 is 0 Å². The lowest BCUT2D eigenvalue weighted by molar-refractivity contribution is -0.384. The standard InChI is InChI=1S/C19H23N3O3/c1-14(23)16-9-10-18(19(12-16)22(24)25)20-13-17(21(2)3)11-15-7-5-4-6-8-15/h4-10,12,17,20H,11,13H2,1-3H3. The number of Topliss-reactive ketones (excluding diaryl/α,β-unsaturated/α-hetero) is 1. The second-order valence-corrected chi connectivity index (χ2v) is 6.23. The van der Waals surface area contributed by atoms with Gasteiger partial charge in [0.25, 0.3) is 5.69 Å². The normalized spacial score (nSPS) is 12.0. The number of anilines is 1. The van der Waals surface area contributed by atoms with Gasteiger partial charge in [-0.1, -0.05) is 30.3 Å². The van der Waals surface area contributed by atoms with Crippen LogP contribution in [0.15, 0.2) is 48.5 Å². The average molecular weight is 341 g/mol. The molecule has 0 amide bonds. The molecule has 6 heteroatoms. The third-order valence-electron chi connectivity index (χ3n) is 4.17. The summed E-state index contributed by atoms with van der Waals surface area (Å²) in [6, 6.07) is 14.8. The van der Waals surface area contributed by atoms with E-state index in [1.54, 1.807) is 12.1 Å². The Kier molecular flexibility index (Phi) is 6.25. The van der Waals surface area contributed by atoms with Crippen molar-refractivity contribution in [3.63, 3.8) is 0 Å². The summed E-state index contributed by atoms with van der Waals surface area (Å²) >= 11 is 0. The van der Waals surface area contributed by atoms with Crippen LogP contribution in [0.2, 0.25) is 0 Å². The maximum atomic E-state index is 11.4. The molecule has 0 spiro atoms. The van der Waals surface area contributed by atoms with Crippen molar-refractivity contribution in [2.24, 2.45) is 0 Å². The number of carbonyl (C=O) groups excluding carboxylic acids is 1. The number of likely N-dealkylation sites (N-methyl/N-ethyl adjacent to an activating group) is 1. The first kappa shape index (κ1) is 18.6. The molecule has 0 aliphatic rings. The third kappa shape index (κ3) is 5.12. The van der Waals surface area contributed by atoms with E-state index in [0.717, 1.165) is 6.42 Å². The summed E-state index contributed by atoms with van der Waals surface area (Å²) in [5, 5.41) is 14.5. The van der Waals surface area contributed by atoms with E-state index in [1.807, 2.05) is 32.3 Å². The summed E-state index contributed by atoms with van der Waals surface area (Å²) in [5.41, 5.74) is 1.90. The van der Waals surface area contributed by atoms with E-state index < -0.39 is 4.92 Å². The van der Waals surface area contributed by atoms with Gasteiger partial charge < -0.3 is 10.2 Å². The molecule has 0 radical (unpaired) electrons. The number of ketones is 1. The quantitative estimate of drug-likeness (QED) is 0.452. The number of nitrogens with zero attached hydrogens (tertiary/aromatic N) is 2. The van der Waals surface area contributed by atoms with Gasteiger partial charge in [-0.2, -0.15) is 0 Å². The number of hydrogen-bond acceptors (Lipinski definition) is 5. The van der Waals surface area contributed by atoms with E-state index in [2.05, 4.69) is 22.3 Å². The first-order valence-corrected chi connectivity index (χ1v) is 8.12. The van der Waals surface area contributed by atoms with E-state index >= 15 is 0 Å².